The van der Waals surface area contributed by atoms with Gasteiger partial charge in [0.2, 0.25) is 5.82 Å². The summed E-state index contributed by atoms with van der Waals surface area (Å²) in [6.07, 6.45) is 4.34. The van der Waals surface area contributed by atoms with Crippen LogP contribution in [0.4, 0.5) is 17.3 Å². The summed E-state index contributed by atoms with van der Waals surface area (Å²) in [7, 11) is 0. The van der Waals surface area contributed by atoms with Gasteiger partial charge in [-0.25, -0.2) is 20.2 Å². The van der Waals surface area contributed by atoms with Gasteiger partial charge in [0.25, 0.3) is 4.92 Å². The van der Waals surface area contributed by atoms with Crippen LogP contribution in [0.25, 0.3) is 11.0 Å². The Balaban J connectivity index is 1.54. The maximum Gasteiger partial charge on any atom is 0.359 e. The predicted molar refractivity (Wildman–Crippen MR) is 123 cm³/mol. The third kappa shape index (κ3) is 3.74. The largest absolute Gasteiger partial charge is 0.359 e. The van der Waals surface area contributed by atoms with Crippen molar-refractivity contribution < 1.29 is 10.1 Å². The topological polar surface area (TPSA) is 127 Å². The molecule has 5 rings (SSSR count). The second kappa shape index (κ2) is 8.38. The molecule has 12 heteroatoms. The zero-order valence-electron chi connectivity index (χ0n) is 17.6. The molecule has 3 aromatic heterocycles. The van der Waals surface area contributed by atoms with Crippen LogP contribution in [-0.4, -0.2) is 62.3 Å². The molecule has 2 saturated heterocycles. The number of H-pyrrole nitrogens is 1. The zero-order chi connectivity index (χ0) is 22.4. The van der Waals surface area contributed by atoms with Crippen LogP contribution < -0.4 is 15.5 Å². The first-order valence-corrected chi connectivity index (χ1v) is 11.8. The number of rotatable bonds is 6. The fourth-order valence-electron chi connectivity index (χ4n) is 4.07. The first kappa shape index (κ1) is 21.2. The smallest absolute Gasteiger partial charge is 0.354 e. The number of halogens is 1. The minimum atomic E-state index is -0.135. The lowest BCUT2D eigenvalue weighted by Gasteiger charge is -2.31. The van der Waals surface area contributed by atoms with Gasteiger partial charge < -0.3 is 20.5 Å². The van der Waals surface area contributed by atoms with Crippen molar-refractivity contribution in [3.05, 3.63) is 27.9 Å². The summed E-state index contributed by atoms with van der Waals surface area (Å²) in [4.78, 5) is 33.6. The second-order valence-corrected chi connectivity index (χ2v) is 9.47. The SMILES string of the molecule is CCc1[nH]c2nc(Sc3cnc(N4CCC4)c([N+](=O)O)c3)nc(N3CCC(N)C3)c2c1Cl. The lowest BCUT2D eigenvalue weighted by molar-refractivity contribution is -0.729. The molecule has 32 heavy (non-hydrogen) atoms. The van der Waals surface area contributed by atoms with E-state index in [1.165, 1.54) is 11.8 Å². The standard InChI is InChI=1S/C20H24ClN8O2S/c1-2-13-16(21)15-17(24-13)25-20(26-19(15)28-7-4-11(22)10-28)32-12-8-14(29(30)31)18(23-9-12)27-5-3-6-27/h8-9,11H,2-7,10,22H2,1H3,(H,30,31)(H,24,25,26)/q+1. The average molecular weight is 476 g/mol. The van der Waals surface area contributed by atoms with Crippen LogP contribution in [0.3, 0.4) is 0 Å². The van der Waals surface area contributed by atoms with Crippen LogP contribution in [-0.2, 0) is 6.42 Å². The number of fused-ring (bicyclic) bond motifs is 1. The Morgan fingerprint density at radius 2 is 2.12 bits per heavy atom. The normalized spacial score (nSPS) is 18.4. The maximum atomic E-state index is 11.7. The monoisotopic (exact) mass is 475 g/mol. The Morgan fingerprint density at radius 1 is 1.31 bits per heavy atom. The number of hydrogen-bond acceptors (Lipinski definition) is 8. The fourth-order valence-corrected chi connectivity index (χ4v) is 5.18. The van der Waals surface area contributed by atoms with Gasteiger partial charge >= 0.3 is 5.69 Å². The van der Waals surface area contributed by atoms with E-state index in [1.54, 1.807) is 12.3 Å². The van der Waals surface area contributed by atoms with Crippen LogP contribution in [0.5, 0.6) is 0 Å². The van der Waals surface area contributed by atoms with Gasteiger partial charge in [-0.1, -0.05) is 18.5 Å². The van der Waals surface area contributed by atoms with Crippen molar-refractivity contribution in [2.24, 2.45) is 5.73 Å². The van der Waals surface area contributed by atoms with Crippen molar-refractivity contribution in [2.45, 2.75) is 42.3 Å². The lowest BCUT2D eigenvalue weighted by Crippen LogP contribution is -2.38. The van der Waals surface area contributed by atoms with E-state index in [-0.39, 0.29) is 16.7 Å². The van der Waals surface area contributed by atoms with Gasteiger partial charge in [0, 0.05) is 55.1 Å². The number of nitrogens with two attached hydrogens (primary N) is 1. The lowest BCUT2D eigenvalue weighted by atomic mass is 10.2. The van der Waals surface area contributed by atoms with Crippen molar-refractivity contribution in [3.63, 3.8) is 0 Å². The number of nitrogens with zero attached hydrogens (tertiary/aromatic N) is 6. The molecule has 0 saturated carbocycles. The molecule has 1 atom stereocenters. The van der Waals surface area contributed by atoms with Crippen LogP contribution in [0.2, 0.25) is 5.02 Å². The molecule has 10 nitrogen and oxygen atoms in total. The van der Waals surface area contributed by atoms with Gasteiger partial charge in [-0.2, -0.15) is 0 Å². The van der Waals surface area contributed by atoms with Crippen LogP contribution >= 0.6 is 23.4 Å². The Morgan fingerprint density at radius 3 is 2.75 bits per heavy atom. The van der Waals surface area contributed by atoms with Gasteiger partial charge in [0.05, 0.1) is 15.3 Å². The predicted octanol–water partition coefficient (Wildman–Crippen LogP) is 3.27. The Bertz CT molecular complexity index is 1200. The van der Waals surface area contributed by atoms with Crippen molar-refractivity contribution in [3.8, 4) is 0 Å². The van der Waals surface area contributed by atoms with Crippen molar-refractivity contribution >= 4 is 51.7 Å². The summed E-state index contributed by atoms with van der Waals surface area (Å²) in [5, 5.41) is 11.5. The highest BCUT2D eigenvalue weighted by Crippen LogP contribution is 2.39. The molecular formula is C20H24ClN8O2S+. The molecule has 1 unspecified atom stereocenters. The molecule has 0 aromatic carbocycles. The molecule has 3 aromatic rings. The summed E-state index contributed by atoms with van der Waals surface area (Å²) in [6.45, 7) is 5.16. The molecule has 0 amide bonds. The fraction of sp³-hybridized carbons (Fsp3) is 0.450. The Kier molecular flexibility index (Phi) is 5.56. The third-order valence-electron chi connectivity index (χ3n) is 5.89. The molecule has 0 spiro atoms. The molecule has 2 aliphatic rings. The molecule has 0 radical (unpaired) electrons. The zero-order valence-corrected chi connectivity index (χ0v) is 19.2. The number of pyridine rings is 1. The molecule has 0 aliphatic carbocycles. The van der Waals surface area contributed by atoms with E-state index >= 15 is 0 Å². The number of nitrogens with one attached hydrogen (secondary N) is 1. The van der Waals surface area contributed by atoms with E-state index < -0.39 is 0 Å². The third-order valence-corrected chi connectivity index (χ3v) is 7.14. The highest BCUT2D eigenvalue weighted by atomic mass is 35.5. The number of anilines is 2. The summed E-state index contributed by atoms with van der Waals surface area (Å²) >= 11 is 7.93. The number of aromatic nitrogens is 4. The van der Waals surface area contributed by atoms with E-state index in [0.29, 0.717) is 33.1 Å². The van der Waals surface area contributed by atoms with Crippen molar-refractivity contribution in [1.29, 1.82) is 0 Å². The highest BCUT2D eigenvalue weighted by Gasteiger charge is 2.30. The highest BCUT2D eigenvalue weighted by molar-refractivity contribution is 7.99. The maximum absolute atomic E-state index is 11.7. The summed E-state index contributed by atoms with van der Waals surface area (Å²) in [5.41, 5.74) is 7.82. The average Bonchev–Trinajstić information content (AvgIpc) is 3.30. The first-order chi connectivity index (χ1) is 15.4. The summed E-state index contributed by atoms with van der Waals surface area (Å²) in [6, 6.07) is 1.70. The quantitative estimate of drug-likeness (QED) is 0.363. The molecule has 2 fully saturated rings. The van der Waals surface area contributed by atoms with Crippen molar-refractivity contribution in [1.82, 2.24) is 19.9 Å². The Labute approximate surface area is 193 Å². The summed E-state index contributed by atoms with van der Waals surface area (Å²) < 4.78 is 0. The van der Waals surface area contributed by atoms with Gasteiger partial charge in [-0.15, -0.1) is 0 Å². The first-order valence-electron chi connectivity index (χ1n) is 10.6. The van der Waals surface area contributed by atoms with E-state index in [0.717, 1.165) is 55.8 Å². The minimum absolute atomic E-state index is 0.0906. The van der Waals surface area contributed by atoms with Crippen LogP contribution in [0, 0.1) is 4.91 Å². The number of aryl methyl sites for hydroxylation is 1. The molecule has 168 valence electrons. The molecular weight excluding hydrogens is 452 g/mol. The molecule has 0 bridgehead atoms. The van der Waals surface area contributed by atoms with Gasteiger partial charge in [0.1, 0.15) is 11.5 Å². The summed E-state index contributed by atoms with van der Waals surface area (Å²) in [5.74, 6) is 1.23. The Hall–Kier alpha value is -2.63. The van der Waals surface area contributed by atoms with Gasteiger partial charge in [0.15, 0.2) is 5.16 Å². The molecule has 4 N–H and O–H groups in total. The second-order valence-electron chi connectivity index (χ2n) is 8.05. The number of aromatic amines is 1. The minimum Gasteiger partial charge on any atom is -0.354 e. The van der Waals surface area contributed by atoms with Gasteiger partial charge in [-0.3, -0.25) is 0 Å². The van der Waals surface area contributed by atoms with Crippen molar-refractivity contribution in [2.75, 3.05) is 36.0 Å². The van der Waals surface area contributed by atoms with E-state index in [9.17, 15) is 10.1 Å². The molecule has 5 heterocycles. The van der Waals surface area contributed by atoms with Gasteiger partial charge in [-0.05, 0) is 31.0 Å². The number of hydrogen-bond donors (Lipinski definition) is 3. The van der Waals surface area contributed by atoms with E-state index in [4.69, 9.17) is 22.3 Å². The van der Waals surface area contributed by atoms with E-state index in [1.807, 2.05) is 11.8 Å². The van der Waals surface area contributed by atoms with E-state index in [2.05, 4.69) is 19.9 Å². The van der Waals surface area contributed by atoms with Crippen LogP contribution in [0.1, 0.15) is 25.5 Å². The van der Waals surface area contributed by atoms with Crippen LogP contribution in [0.15, 0.2) is 22.3 Å². The molecule has 2 aliphatic heterocycles.